The molecule has 0 saturated heterocycles. The van der Waals surface area contributed by atoms with E-state index in [9.17, 15) is 8.42 Å². The van der Waals surface area contributed by atoms with Gasteiger partial charge in [-0.2, -0.15) is 12.8 Å². The third-order valence-electron chi connectivity index (χ3n) is 1.33. The Morgan fingerprint density at radius 2 is 2.23 bits per heavy atom. The van der Waals surface area contributed by atoms with Gasteiger partial charge in [-0.05, 0) is 13.8 Å². The van der Waals surface area contributed by atoms with E-state index in [-0.39, 0.29) is 5.90 Å². The maximum atomic E-state index is 10.7. The van der Waals surface area contributed by atoms with Crippen LogP contribution in [0.1, 0.15) is 13.8 Å². The highest BCUT2D eigenvalue weighted by Crippen LogP contribution is 2.24. The van der Waals surface area contributed by atoms with Gasteiger partial charge >= 0.3 is 0 Å². The normalized spacial score (nSPS) is 21.8. The van der Waals surface area contributed by atoms with E-state index in [0.29, 0.717) is 16.5 Å². The van der Waals surface area contributed by atoms with Crippen molar-refractivity contribution in [1.29, 1.82) is 0 Å². The molecule has 1 atom stereocenters. The lowest BCUT2D eigenvalue weighted by Crippen LogP contribution is -2.01. The van der Waals surface area contributed by atoms with Gasteiger partial charge in [0.05, 0.1) is 16.2 Å². The first kappa shape index (κ1) is 10.7. The Morgan fingerprint density at radius 1 is 1.62 bits per heavy atom. The Labute approximate surface area is 84.5 Å². The number of rotatable bonds is 1. The highest BCUT2D eigenvalue weighted by molar-refractivity contribution is 8.35. The van der Waals surface area contributed by atoms with E-state index in [1.807, 2.05) is 0 Å². The molecule has 0 N–H and O–H groups in total. The molecule has 0 fully saturated rings. The van der Waals surface area contributed by atoms with Gasteiger partial charge in [0.1, 0.15) is 5.03 Å². The molecule has 1 aliphatic rings. The molecule has 0 radical (unpaired) electrons. The summed E-state index contributed by atoms with van der Waals surface area (Å²) in [5.41, 5.74) is 0. The van der Waals surface area contributed by atoms with Gasteiger partial charge in [-0.15, -0.1) is 0 Å². The minimum Gasteiger partial charge on any atom is -0.476 e. The van der Waals surface area contributed by atoms with Gasteiger partial charge in [-0.1, -0.05) is 11.6 Å². The Morgan fingerprint density at radius 3 is 2.62 bits per heavy atom. The fraction of sp³-hybridized carbons (Fsp3) is 0.500. The van der Waals surface area contributed by atoms with E-state index in [1.165, 1.54) is 0 Å². The molecule has 0 bridgehead atoms. The second-order valence-corrected chi connectivity index (χ2v) is 6.00. The summed E-state index contributed by atoms with van der Waals surface area (Å²) in [4.78, 5) is 0.540. The maximum absolute atomic E-state index is 10.7. The van der Waals surface area contributed by atoms with Crippen LogP contribution in [0.25, 0.3) is 0 Å². The molecule has 0 saturated carbocycles. The number of allylic oxidation sites excluding steroid dienone is 1. The second-order valence-electron chi connectivity index (χ2n) is 2.15. The van der Waals surface area contributed by atoms with Crippen molar-refractivity contribution in [3.05, 3.63) is 9.94 Å². The topological polar surface area (TPSA) is 55.7 Å². The van der Waals surface area contributed by atoms with Crippen molar-refractivity contribution in [3.63, 3.8) is 0 Å². The first-order valence-corrected chi connectivity index (χ1v) is 6.65. The molecule has 4 nitrogen and oxygen atoms in total. The van der Waals surface area contributed by atoms with E-state index in [1.54, 1.807) is 13.8 Å². The van der Waals surface area contributed by atoms with Gasteiger partial charge in [-0.25, -0.2) is 0 Å². The standard InChI is InChI=1S/C6H8ClNO3S2/c1-3-11-6-5(7)4(2)12(8-6)13(9)10/h3H2,1-2H3. The SMILES string of the molecule is CCOC1=NS(=S(=O)=O)C(C)=C1Cl. The van der Waals surface area contributed by atoms with E-state index >= 15 is 0 Å². The summed E-state index contributed by atoms with van der Waals surface area (Å²) in [7, 11) is -3.41. The molecule has 7 heteroatoms. The van der Waals surface area contributed by atoms with Gasteiger partial charge in [0.2, 0.25) is 5.90 Å². The predicted molar refractivity (Wildman–Crippen MR) is 53.9 cm³/mol. The molecule has 0 aromatic rings. The van der Waals surface area contributed by atoms with Crippen LogP contribution in [-0.2, 0) is 23.6 Å². The van der Waals surface area contributed by atoms with Crippen LogP contribution in [0.15, 0.2) is 14.3 Å². The zero-order valence-electron chi connectivity index (χ0n) is 7.07. The summed E-state index contributed by atoms with van der Waals surface area (Å²) < 4.78 is 30.2. The predicted octanol–water partition coefficient (Wildman–Crippen LogP) is 1.23. The van der Waals surface area contributed by atoms with Gasteiger partial charge < -0.3 is 4.74 Å². The lowest BCUT2D eigenvalue weighted by atomic mass is 10.5. The van der Waals surface area contributed by atoms with Crippen LogP contribution in [0.5, 0.6) is 0 Å². The molecule has 74 valence electrons. The molecule has 1 rings (SSSR count). The van der Waals surface area contributed by atoms with Crippen molar-refractivity contribution in [3.8, 4) is 0 Å². The lowest BCUT2D eigenvalue weighted by molar-refractivity contribution is 0.331. The quantitative estimate of drug-likeness (QED) is 0.694. The zero-order chi connectivity index (χ0) is 10.0. The summed E-state index contributed by atoms with van der Waals surface area (Å²) in [6, 6.07) is 0. The van der Waals surface area contributed by atoms with Crippen molar-refractivity contribution < 1.29 is 13.2 Å². The van der Waals surface area contributed by atoms with Gasteiger partial charge in [-0.3, -0.25) is 0 Å². The number of ether oxygens (including phenoxy) is 1. The van der Waals surface area contributed by atoms with Crippen molar-refractivity contribution in [1.82, 2.24) is 0 Å². The first-order chi connectivity index (χ1) is 6.07. The van der Waals surface area contributed by atoms with Crippen LogP contribution < -0.4 is 0 Å². The van der Waals surface area contributed by atoms with Crippen molar-refractivity contribution >= 4 is 36.4 Å². The number of nitrogens with zero attached hydrogens (tertiary/aromatic N) is 1. The fourth-order valence-electron chi connectivity index (χ4n) is 0.770. The summed E-state index contributed by atoms with van der Waals surface area (Å²) in [5, 5.41) is 0.314. The Balaban J connectivity index is 3.21. The van der Waals surface area contributed by atoms with Crippen molar-refractivity contribution in [2.24, 2.45) is 4.40 Å². The van der Waals surface area contributed by atoms with Crippen LogP contribution in [0.2, 0.25) is 0 Å². The third kappa shape index (κ3) is 2.12. The van der Waals surface area contributed by atoms with Crippen molar-refractivity contribution in [2.45, 2.75) is 13.8 Å². The van der Waals surface area contributed by atoms with Crippen molar-refractivity contribution in [2.75, 3.05) is 6.61 Å². The summed E-state index contributed by atoms with van der Waals surface area (Å²) in [6.07, 6.45) is 0. The molecule has 0 spiro atoms. The zero-order valence-corrected chi connectivity index (χ0v) is 9.46. The van der Waals surface area contributed by atoms with Crippen LogP contribution in [0.3, 0.4) is 0 Å². The molecule has 0 amide bonds. The largest absolute Gasteiger partial charge is 0.476 e. The van der Waals surface area contributed by atoms with E-state index in [4.69, 9.17) is 16.3 Å². The second kappa shape index (κ2) is 4.26. The average Bonchev–Trinajstić information content (AvgIpc) is 2.33. The molecule has 0 aromatic heterocycles. The summed E-state index contributed by atoms with van der Waals surface area (Å²) >= 11 is 5.80. The molecule has 1 unspecified atom stereocenters. The first-order valence-electron chi connectivity index (χ1n) is 3.50. The molecule has 13 heavy (non-hydrogen) atoms. The van der Waals surface area contributed by atoms with Gasteiger partial charge in [0.25, 0.3) is 9.26 Å². The van der Waals surface area contributed by atoms with Gasteiger partial charge in [0, 0.05) is 4.91 Å². The molecular formula is C6H8ClNO3S2. The number of hydrogen-bond donors (Lipinski definition) is 0. The third-order valence-corrected chi connectivity index (χ3v) is 4.96. The van der Waals surface area contributed by atoms with Crippen LogP contribution in [-0.4, -0.2) is 20.9 Å². The minimum atomic E-state index is -2.25. The summed E-state index contributed by atoms with van der Waals surface area (Å²) in [5.74, 6) is 0.231. The molecular weight excluding hydrogens is 234 g/mol. The van der Waals surface area contributed by atoms with Crippen LogP contribution >= 0.6 is 11.6 Å². The highest BCUT2D eigenvalue weighted by Gasteiger charge is 2.21. The smallest absolute Gasteiger partial charge is 0.266 e. The fourth-order valence-corrected chi connectivity index (χ4v) is 3.46. The Hall–Kier alpha value is -0.330. The molecule has 1 aliphatic heterocycles. The van der Waals surface area contributed by atoms with E-state index in [2.05, 4.69) is 4.40 Å². The summed E-state index contributed by atoms with van der Waals surface area (Å²) in [6.45, 7) is 3.84. The van der Waals surface area contributed by atoms with E-state index < -0.39 is 18.9 Å². The van der Waals surface area contributed by atoms with E-state index in [0.717, 1.165) is 0 Å². The maximum Gasteiger partial charge on any atom is 0.266 e. The Kier molecular flexibility index (Phi) is 3.52. The highest BCUT2D eigenvalue weighted by atomic mass is 35.5. The molecule has 0 aliphatic carbocycles. The van der Waals surface area contributed by atoms with Gasteiger partial charge in [0.15, 0.2) is 0 Å². The number of hydrogen-bond acceptors (Lipinski definition) is 3. The molecule has 0 aromatic carbocycles. The Bertz CT molecular complexity index is 413. The van der Waals surface area contributed by atoms with Crippen LogP contribution in [0, 0.1) is 0 Å². The average molecular weight is 242 g/mol. The number of halogens is 1. The molecule has 1 heterocycles. The lowest BCUT2D eigenvalue weighted by Gasteiger charge is -1.99. The minimum absolute atomic E-state index is 0.231. The van der Waals surface area contributed by atoms with Crippen LogP contribution in [0.4, 0.5) is 0 Å². The monoisotopic (exact) mass is 241 g/mol.